The number of likely N-dealkylation sites (tertiary alicyclic amines) is 1. The van der Waals surface area contributed by atoms with Crippen LogP contribution in [0.4, 0.5) is 4.39 Å². The average molecular weight is 383 g/mol. The summed E-state index contributed by atoms with van der Waals surface area (Å²) in [7, 11) is 0. The van der Waals surface area contributed by atoms with Gasteiger partial charge in [-0.05, 0) is 41.5 Å². The molecular formula is C19H18FN5OS. The van der Waals surface area contributed by atoms with Crippen LogP contribution in [0.3, 0.4) is 0 Å². The molecule has 8 heteroatoms. The second-order valence-corrected chi connectivity index (χ2v) is 7.96. The van der Waals surface area contributed by atoms with Crippen molar-refractivity contribution in [3.8, 4) is 16.4 Å². The number of benzene rings is 1. The molecule has 2 aromatic heterocycles. The second-order valence-electron chi connectivity index (χ2n) is 7.02. The van der Waals surface area contributed by atoms with Crippen molar-refractivity contribution >= 4 is 17.2 Å². The van der Waals surface area contributed by atoms with Gasteiger partial charge in [-0.2, -0.15) is 0 Å². The molecule has 0 bridgehead atoms. The number of carbonyl (C=O) groups is 1. The van der Waals surface area contributed by atoms with Crippen molar-refractivity contribution in [3.05, 3.63) is 53.4 Å². The fourth-order valence-corrected chi connectivity index (χ4v) is 4.62. The van der Waals surface area contributed by atoms with Gasteiger partial charge in [0.25, 0.3) is 5.91 Å². The van der Waals surface area contributed by atoms with E-state index in [1.165, 1.54) is 23.5 Å². The lowest BCUT2D eigenvalue weighted by Crippen LogP contribution is -2.32. The van der Waals surface area contributed by atoms with Crippen LogP contribution in [0.15, 0.2) is 41.8 Å². The summed E-state index contributed by atoms with van der Waals surface area (Å²) in [5.41, 5.74) is 0.549. The summed E-state index contributed by atoms with van der Waals surface area (Å²) in [6.07, 6.45) is 0. The molecule has 5 rings (SSSR count). The van der Waals surface area contributed by atoms with Crippen LogP contribution in [-0.4, -0.2) is 51.8 Å². The minimum Gasteiger partial charge on any atom is -0.335 e. The predicted molar refractivity (Wildman–Crippen MR) is 100 cm³/mol. The van der Waals surface area contributed by atoms with Gasteiger partial charge >= 0.3 is 0 Å². The van der Waals surface area contributed by atoms with Crippen molar-refractivity contribution in [3.63, 3.8) is 0 Å². The fourth-order valence-electron chi connectivity index (χ4n) is 3.92. The Kier molecular flexibility index (Phi) is 4.02. The van der Waals surface area contributed by atoms with Gasteiger partial charge in [0.05, 0.1) is 10.6 Å². The number of hydrogen-bond donors (Lipinski definition) is 1. The molecule has 2 fully saturated rings. The summed E-state index contributed by atoms with van der Waals surface area (Å²) in [5.74, 6) is 1.23. The van der Waals surface area contributed by atoms with Crippen LogP contribution >= 0.6 is 11.3 Å². The number of halogens is 1. The zero-order valence-electron chi connectivity index (χ0n) is 14.5. The lowest BCUT2D eigenvalue weighted by molar-refractivity contribution is 0.0769. The first-order valence-electron chi connectivity index (χ1n) is 8.96. The highest BCUT2D eigenvalue weighted by molar-refractivity contribution is 7.13. The number of carbonyl (C=O) groups excluding carboxylic acids is 1. The summed E-state index contributed by atoms with van der Waals surface area (Å²) in [4.78, 5) is 20.3. The first kappa shape index (κ1) is 16.6. The maximum Gasteiger partial charge on any atom is 0.293 e. The number of thiophene rings is 1. The largest absolute Gasteiger partial charge is 0.335 e. The standard InChI is InChI=1S/C19H18FN5OS/c20-14-3-1-4-15(7-14)25-18(16-5-2-6-27-16)22-17(23-25)19(26)24-10-12-8-21-9-13(12)11-24/h1-7,12-13,21H,8-11H2/t12-,13+. The molecule has 3 aromatic rings. The van der Waals surface area contributed by atoms with Gasteiger partial charge in [0.2, 0.25) is 5.82 Å². The first-order chi connectivity index (χ1) is 13.2. The third-order valence-corrected chi connectivity index (χ3v) is 6.14. The van der Waals surface area contributed by atoms with Crippen molar-refractivity contribution in [1.82, 2.24) is 25.0 Å². The molecule has 6 nitrogen and oxygen atoms in total. The zero-order chi connectivity index (χ0) is 18.4. The smallest absolute Gasteiger partial charge is 0.293 e. The highest BCUT2D eigenvalue weighted by atomic mass is 32.1. The second kappa shape index (κ2) is 6.54. The third-order valence-electron chi connectivity index (χ3n) is 5.27. The number of aromatic nitrogens is 3. The maximum absolute atomic E-state index is 13.7. The van der Waals surface area contributed by atoms with E-state index in [1.807, 2.05) is 22.4 Å². The number of hydrogen-bond acceptors (Lipinski definition) is 5. The molecule has 2 aliphatic rings. The zero-order valence-corrected chi connectivity index (χ0v) is 15.3. The summed E-state index contributed by atoms with van der Waals surface area (Å²) >= 11 is 1.51. The van der Waals surface area contributed by atoms with E-state index >= 15 is 0 Å². The number of nitrogens with zero attached hydrogens (tertiary/aromatic N) is 4. The number of amides is 1. The Balaban J connectivity index is 1.52. The first-order valence-corrected chi connectivity index (χ1v) is 9.84. The highest BCUT2D eigenvalue weighted by Gasteiger charge is 2.39. The van der Waals surface area contributed by atoms with Crippen molar-refractivity contribution in [2.45, 2.75) is 0 Å². The lowest BCUT2D eigenvalue weighted by atomic mass is 10.0. The minimum atomic E-state index is -0.354. The molecule has 138 valence electrons. The quantitative estimate of drug-likeness (QED) is 0.755. The van der Waals surface area contributed by atoms with Crippen molar-refractivity contribution in [1.29, 1.82) is 0 Å². The third kappa shape index (κ3) is 2.94. The van der Waals surface area contributed by atoms with Crippen LogP contribution in [-0.2, 0) is 0 Å². The van der Waals surface area contributed by atoms with Gasteiger partial charge in [0, 0.05) is 26.2 Å². The van der Waals surface area contributed by atoms with E-state index in [4.69, 9.17) is 0 Å². The van der Waals surface area contributed by atoms with Crippen LogP contribution in [0.25, 0.3) is 16.4 Å². The molecule has 0 saturated carbocycles. The molecule has 27 heavy (non-hydrogen) atoms. The molecule has 0 radical (unpaired) electrons. The van der Waals surface area contributed by atoms with E-state index in [-0.39, 0.29) is 17.5 Å². The Labute approximate surface area is 159 Å². The molecule has 4 heterocycles. The van der Waals surface area contributed by atoms with Gasteiger partial charge < -0.3 is 10.2 Å². The molecule has 0 unspecified atom stereocenters. The van der Waals surface area contributed by atoms with Crippen molar-refractivity contribution < 1.29 is 9.18 Å². The van der Waals surface area contributed by atoms with Gasteiger partial charge in [-0.3, -0.25) is 4.79 Å². The molecule has 2 atom stereocenters. The molecule has 2 aliphatic heterocycles. The Morgan fingerprint density at radius 1 is 1.19 bits per heavy atom. The highest BCUT2D eigenvalue weighted by Crippen LogP contribution is 2.29. The molecule has 0 aliphatic carbocycles. The van der Waals surface area contributed by atoms with E-state index in [0.717, 1.165) is 31.1 Å². The van der Waals surface area contributed by atoms with E-state index in [2.05, 4.69) is 15.4 Å². The van der Waals surface area contributed by atoms with Gasteiger partial charge in [0.15, 0.2) is 5.82 Å². The van der Waals surface area contributed by atoms with Crippen LogP contribution in [0.1, 0.15) is 10.6 Å². The molecule has 1 aromatic carbocycles. The van der Waals surface area contributed by atoms with Crippen molar-refractivity contribution in [2.75, 3.05) is 26.2 Å². The molecule has 1 amide bonds. The van der Waals surface area contributed by atoms with Gasteiger partial charge in [-0.1, -0.05) is 12.1 Å². The summed E-state index contributed by atoms with van der Waals surface area (Å²) in [6, 6.07) is 10.0. The number of nitrogens with one attached hydrogen (secondary N) is 1. The Bertz CT molecular complexity index is 974. The maximum atomic E-state index is 13.7. The lowest BCUT2D eigenvalue weighted by Gasteiger charge is -2.15. The summed E-state index contributed by atoms with van der Waals surface area (Å²) in [6.45, 7) is 3.39. The van der Waals surface area contributed by atoms with E-state index < -0.39 is 0 Å². The van der Waals surface area contributed by atoms with Crippen LogP contribution in [0, 0.1) is 17.7 Å². The molecular weight excluding hydrogens is 365 g/mol. The molecule has 2 saturated heterocycles. The SMILES string of the molecule is O=C(c1nc(-c2cccs2)n(-c2cccc(F)c2)n1)N1C[C@H]2CNC[C@H]2C1. The summed E-state index contributed by atoms with van der Waals surface area (Å²) < 4.78 is 15.3. The van der Waals surface area contributed by atoms with Crippen LogP contribution < -0.4 is 5.32 Å². The molecule has 1 N–H and O–H groups in total. The Morgan fingerprint density at radius 3 is 2.70 bits per heavy atom. The van der Waals surface area contributed by atoms with Gasteiger partial charge in [0.1, 0.15) is 5.82 Å². The number of rotatable bonds is 3. The van der Waals surface area contributed by atoms with Crippen molar-refractivity contribution in [2.24, 2.45) is 11.8 Å². The normalized spacial score (nSPS) is 21.6. The number of fused-ring (bicyclic) bond motifs is 1. The van der Waals surface area contributed by atoms with Crippen LogP contribution in [0.2, 0.25) is 0 Å². The Hall–Kier alpha value is -2.58. The Morgan fingerprint density at radius 2 is 2.00 bits per heavy atom. The van der Waals surface area contributed by atoms with Gasteiger partial charge in [-0.25, -0.2) is 14.1 Å². The average Bonchev–Trinajstić information content (AvgIpc) is 3.43. The molecule has 0 spiro atoms. The fraction of sp³-hybridized carbons (Fsp3) is 0.316. The van der Waals surface area contributed by atoms with E-state index in [0.29, 0.717) is 23.3 Å². The van der Waals surface area contributed by atoms with Crippen LogP contribution in [0.5, 0.6) is 0 Å². The van der Waals surface area contributed by atoms with E-state index in [9.17, 15) is 9.18 Å². The predicted octanol–water partition coefficient (Wildman–Crippen LogP) is 2.43. The van der Waals surface area contributed by atoms with Gasteiger partial charge in [-0.15, -0.1) is 16.4 Å². The van der Waals surface area contributed by atoms with E-state index in [1.54, 1.807) is 16.8 Å². The summed E-state index contributed by atoms with van der Waals surface area (Å²) in [5, 5.41) is 9.77. The monoisotopic (exact) mass is 383 g/mol. The minimum absolute atomic E-state index is 0.155. The topological polar surface area (TPSA) is 63.1 Å².